The van der Waals surface area contributed by atoms with Crippen molar-refractivity contribution in [2.75, 3.05) is 13.1 Å². The lowest BCUT2D eigenvalue weighted by Crippen LogP contribution is -2.43. The van der Waals surface area contributed by atoms with Gasteiger partial charge in [0.05, 0.1) is 23.3 Å². The predicted molar refractivity (Wildman–Crippen MR) is 102 cm³/mol. The SMILES string of the molecule is O=C(c1ccc(Cl)cc1Cl)N1CCC[C@@H](OCc2cccc(Cl)c2)C1. The molecule has 0 aliphatic carbocycles. The number of likely N-dealkylation sites (tertiary alicyclic amines) is 1. The summed E-state index contributed by atoms with van der Waals surface area (Å²) < 4.78 is 5.98. The summed E-state index contributed by atoms with van der Waals surface area (Å²) in [5.74, 6) is -0.0854. The Balaban J connectivity index is 1.61. The number of amides is 1. The van der Waals surface area contributed by atoms with Crippen LogP contribution >= 0.6 is 34.8 Å². The largest absolute Gasteiger partial charge is 0.372 e. The first-order valence-corrected chi connectivity index (χ1v) is 9.26. The third-order valence-corrected chi connectivity index (χ3v) is 4.98. The van der Waals surface area contributed by atoms with Crippen LogP contribution in [0.25, 0.3) is 0 Å². The lowest BCUT2D eigenvalue weighted by atomic mass is 10.1. The Labute approximate surface area is 162 Å². The number of carbonyl (C=O) groups excluding carboxylic acids is 1. The fraction of sp³-hybridized carbons (Fsp3) is 0.316. The van der Waals surface area contributed by atoms with Crippen LogP contribution in [0.15, 0.2) is 42.5 Å². The van der Waals surface area contributed by atoms with E-state index in [4.69, 9.17) is 39.5 Å². The van der Waals surface area contributed by atoms with Crippen LogP contribution in [0.2, 0.25) is 15.1 Å². The number of benzene rings is 2. The molecule has 0 bridgehead atoms. The Morgan fingerprint density at radius 1 is 1.12 bits per heavy atom. The van der Waals surface area contributed by atoms with Crippen molar-refractivity contribution in [3.8, 4) is 0 Å². The van der Waals surface area contributed by atoms with Gasteiger partial charge in [-0.2, -0.15) is 0 Å². The molecule has 0 unspecified atom stereocenters. The lowest BCUT2D eigenvalue weighted by Gasteiger charge is -2.33. The third kappa shape index (κ3) is 4.89. The van der Waals surface area contributed by atoms with Crippen LogP contribution in [0.5, 0.6) is 0 Å². The molecule has 1 aliphatic heterocycles. The highest BCUT2D eigenvalue weighted by Crippen LogP contribution is 2.24. The van der Waals surface area contributed by atoms with Crippen LogP contribution < -0.4 is 0 Å². The van der Waals surface area contributed by atoms with Gasteiger partial charge in [0, 0.05) is 23.1 Å². The molecule has 1 amide bonds. The van der Waals surface area contributed by atoms with Gasteiger partial charge in [-0.1, -0.05) is 46.9 Å². The minimum absolute atomic E-state index is 0.00255. The fourth-order valence-corrected chi connectivity index (χ4v) is 3.63. The highest BCUT2D eigenvalue weighted by atomic mass is 35.5. The van der Waals surface area contributed by atoms with E-state index < -0.39 is 0 Å². The molecule has 1 aliphatic rings. The first-order valence-electron chi connectivity index (χ1n) is 8.13. The first kappa shape index (κ1) is 18.5. The van der Waals surface area contributed by atoms with E-state index >= 15 is 0 Å². The normalized spacial score (nSPS) is 17.6. The van der Waals surface area contributed by atoms with Crippen LogP contribution in [-0.2, 0) is 11.3 Å². The van der Waals surface area contributed by atoms with E-state index in [1.165, 1.54) is 0 Å². The van der Waals surface area contributed by atoms with Crippen molar-refractivity contribution in [1.82, 2.24) is 4.90 Å². The van der Waals surface area contributed by atoms with Crippen LogP contribution in [0.3, 0.4) is 0 Å². The maximum atomic E-state index is 12.7. The molecule has 3 rings (SSSR count). The molecule has 0 radical (unpaired) electrons. The van der Waals surface area contributed by atoms with E-state index in [1.54, 1.807) is 23.1 Å². The number of nitrogens with zero attached hydrogens (tertiary/aromatic N) is 1. The molecule has 1 saturated heterocycles. The molecular weight excluding hydrogens is 381 g/mol. The fourth-order valence-electron chi connectivity index (χ4n) is 2.93. The summed E-state index contributed by atoms with van der Waals surface area (Å²) in [6, 6.07) is 12.5. The summed E-state index contributed by atoms with van der Waals surface area (Å²) in [7, 11) is 0. The maximum Gasteiger partial charge on any atom is 0.255 e. The van der Waals surface area contributed by atoms with E-state index in [0.717, 1.165) is 18.4 Å². The molecule has 25 heavy (non-hydrogen) atoms. The van der Waals surface area contributed by atoms with Gasteiger partial charge >= 0.3 is 0 Å². The van der Waals surface area contributed by atoms with Crippen molar-refractivity contribution in [3.63, 3.8) is 0 Å². The summed E-state index contributed by atoms with van der Waals surface area (Å²) in [6.07, 6.45) is 1.83. The number of hydrogen-bond donors (Lipinski definition) is 0. The maximum absolute atomic E-state index is 12.7. The van der Waals surface area contributed by atoms with Crippen molar-refractivity contribution >= 4 is 40.7 Å². The smallest absolute Gasteiger partial charge is 0.255 e. The molecule has 0 aromatic heterocycles. The molecule has 0 saturated carbocycles. The Morgan fingerprint density at radius 3 is 2.68 bits per heavy atom. The van der Waals surface area contributed by atoms with Crippen LogP contribution in [-0.4, -0.2) is 30.0 Å². The van der Waals surface area contributed by atoms with Crippen LogP contribution in [0.4, 0.5) is 0 Å². The third-order valence-electron chi connectivity index (χ3n) is 4.20. The number of halogens is 3. The van der Waals surface area contributed by atoms with Crippen LogP contribution in [0.1, 0.15) is 28.8 Å². The van der Waals surface area contributed by atoms with Gasteiger partial charge in [-0.05, 0) is 48.7 Å². The molecular formula is C19H18Cl3NO2. The topological polar surface area (TPSA) is 29.5 Å². The van der Waals surface area contributed by atoms with Crippen molar-refractivity contribution in [1.29, 1.82) is 0 Å². The van der Waals surface area contributed by atoms with E-state index in [0.29, 0.717) is 40.3 Å². The van der Waals surface area contributed by atoms with Crippen molar-refractivity contribution in [2.45, 2.75) is 25.6 Å². The molecule has 1 atom stereocenters. The van der Waals surface area contributed by atoms with Gasteiger partial charge in [-0.25, -0.2) is 0 Å². The second-order valence-electron chi connectivity index (χ2n) is 6.08. The van der Waals surface area contributed by atoms with Crippen molar-refractivity contribution < 1.29 is 9.53 Å². The molecule has 3 nitrogen and oxygen atoms in total. The Kier molecular flexibility index (Phi) is 6.24. The number of ether oxygens (including phenoxy) is 1. The number of hydrogen-bond acceptors (Lipinski definition) is 2. The summed E-state index contributed by atoms with van der Waals surface area (Å²) in [4.78, 5) is 14.5. The predicted octanol–water partition coefficient (Wildman–Crippen LogP) is 5.47. The second kappa shape index (κ2) is 8.41. The monoisotopic (exact) mass is 397 g/mol. The summed E-state index contributed by atoms with van der Waals surface area (Å²) in [5.41, 5.74) is 1.50. The summed E-state index contributed by atoms with van der Waals surface area (Å²) in [6.45, 7) is 1.74. The van der Waals surface area contributed by atoms with Gasteiger partial charge in [0.25, 0.3) is 5.91 Å². The Hall–Kier alpha value is -1.26. The van der Waals surface area contributed by atoms with E-state index in [-0.39, 0.29) is 12.0 Å². The average molecular weight is 399 g/mol. The van der Waals surface area contributed by atoms with E-state index in [9.17, 15) is 4.79 Å². The molecule has 2 aromatic carbocycles. The average Bonchev–Trinajstić information content (AvgIpc) is 2.60. The van der Waals surface area contributed by atoms with Crippen LogP contribution in [0, 0.1) is 0 Å². The molecule has 0 spiro atoms. The summed E-state index contributed by atoms with van der Waals surface area (Å²) in [5, 5.41) is 1.58. The standard InChI is InChI=1S/C19H18Cl3NO2/c20-14-4-1-3-13(9-14)12-25-16-5-2-8-23(11-16)19(24)17-7-6-15(21)10-18(17)22/h1,3-4,6-7,9-10,16H,2,5,8,11-12H2/t16-/m1/s1. The number of rotatable bonds is 4. The van der Waals surface area contributed by atoms with Crippen molar-refractivity contribution in [2.24, 2.45) is 0 Å². The van der Waals surface area contributed by atoms with Crippen molar-refractivity contribution in [3.05, 3.63) is 68.7 Å². The molecule has 6 heteroatoms. The highest BCUT2D eigenvalue weighted by Gasteiger charge is 2.26. The molecule has 1 heterocycles. The molecule has 0 N–H and O–H groups in total. The Morgan fingerprint density at radius 2 is 1.92 bits per heavy atom. The zero-order valence-corrected chi connectivity index (χ0v) is 15.8. The quantitative estimate of drug-likeness (QED) is 0.683. The zero-order valence-electron chi connectivity index (χ0n) is 13.6. The van der Waals surface area contributed by atoms with Gasteiger partial charge in [0.2, 0.25) is 0 Å². The molecule has 132 valence electrons. The minimum Gasteiger partial charge on any atom is -0.372 e. The Bertz CT molecular complexity index is 766. The van der Waals surface area contributed by atoms with Gasteiger partial charge in [0.15, 0.2) is 0 Å². The second-order valence-corrected chi connectivity index (χ2v) is 7.36. The molecule has 1 fully saturated rings. The number of carbonyl (C=O) groups is 1. The number of piperidine rings is 1. The lowest BCUT2D eigenvalue weighted by molar-refractivity contribution is -0.00672. The van der Waals surface area contributed by atoms with E-state index in [2.05, 4.69) is 0 Å². The van der Waals surface area contributed by atoms with Gasteiger partial charge in [-0.15, -0.1) is 0 Å². The molecule has 2 aromatic rings. The first-order chi connectivity index (χ1) is 12.0. The van der Waals surface area contributed by atoms with Gasteiger partial charge in [-0.3, -0.25) is 4.79 Å². The summed E-state index contributed by atoms with van der Waals surface area (Å²) >= 11 is 18.1. The highest BCUT2D eigenvalue weighted by molar-refractivity contribution is 6.36. The zero-order chi connectivity index (χ0) is 17.8. The van der Waals surface area contributed by atoms with Gasteiger partial charge in [0.1, 0.15) is 0 Å². The minimum atomic E-state index is -0.0854. The van der Waals surface area contributed by atoms with E-state index in [1.807, 2.05) is 24.3 Å². The van der Waals surface area contributed by atoms with Gasteiger partial charge < -0.3 is 9.64 Å².